The van der Waals surface area contributed by atoms with Crippen molar-refractivity contribution >= 4 is 52.5 Å². The maximum atomic E-state index is 12.4. The first-order chi connectivity index (χ1) is 13.4. The summed E-state index contributed by atoms with van der Waals surface area (Å²) in [6.45, 7) is 3.93. The van der Waals surface area contributed by atoms with Gasteiger partial charge < -0.3 is 10.6 Å². The third-order valence-electron chi connectivity index (χ3n) is 3.97. The molecule has 2 aromatic carbocycles. The molecule has 7 heteroatoms. The number of benzene rings is 2. The number of halogens is 1. The number of anilines is 1. The standard InChI is InChI=1S/C21H22ClN3O2S/c1-3-14(2)23-20(27)16-9-5-7-11-18(16)24-21(28)25-19(26)13-12-15-8-4-6-10-17(15)22/h4-14H,3H2,1-2H3,(H,23,27)(H2,24,25,26,28)/b13-12+. The van der Waals surface area contributed by atoms with Gasteiger partial charge in [0.25, 0.3) is 5.91 Å². The van der Waals surface area contributed by atoms with Crippen LogP contribution in [0.25, 0.3) is 6.08 Å². The molecule has 0 aromatic heterocycles. The minimum Gasteiger partial charge on any atom is -0.350 e. The number of thiocarbonyl (C=S) groups is 1. The van der Waals surface area contributed by atoms with Crippen molar-refractivity contribution in [2.24, 2.45) is 0 Å². The molecule has 0 radical (unpaired) electrons. The quantitative estimate of drug-likeness (QED) is 0.483. The van der Waals surface area contributed by atoms with E-state index in [9.17, 15) is 9.59 Å². The lowest BCUT2D eigenvalue weighted by atomic mass is 10.1. The number of amides is 2. The summed E-state index contributed by atoms with van der Waals surface area (Å²) < 4.78 is 0. The van der Waals surface area contributed by atoms with Crippen molar-refractivity contribution in [2.45, 2.75) is 26.3 Å². The Morgan fingerprint density at radius 1 is 1.14 bits per heavy atom. The molecule has 0 heterocycles. The minimum atomic E-state index is -0.404. The highest BCUT2D eigenvalue weighted by atomic mass is 35.5. The van der Waals surface area contributed by atoms with Gasteiger partial charge in [-0.25, -0.2) is 0 Å². The third kappa shape index (κ3) is 6.48. The van der Waals surface area contributed by atoms with Gasteiger partial charge in [-0.3, -0.25) is 14.9 Å². The Balaban J connectivity index is 2.00. The maximum absolute atomic E-state index is 12.4. The van der Waals surface area contributed by atoms with Crippen LogP contribution in [0.5, 0.6) is 0 Å². The number of rotatable bonds is 6. The normalized spacial score (nSPS) is 11.7. The molecule has 0 saturated heterocycles. The van der Waals surface area contributed by atoms with E-state index in [4.69, 9.17) is 23.8 Å². The molecular weight excluding hydrogens is 394 g/mol. The van der Waals surface area contributed by atoms with E-state index in [2.05, 4.69) is 16.0 Å². The summed E-state index contributed by atoms with van der Waals surface area (Å²) in [6, 6.07) is 14.2. The van der Waals surface area contributed by atoms with Crippen LogP contribution in [0.1, 0.15) is 36.2 Å². The van der Waals surface area contributed by atoms with Gasteiger partial charge in [0.05, 0.1) is 11.3 Å². The van der Waals surface area contributed by atoms with Crippen LogP contribution in [0.4, 0.5) is 5.69 Å². The zero-order chi connectivity index (χ0) is 20.5. The topological polar surface area (TPSA) is 70.2 Å². The van der Waals surface area contributed by atoms with Crippen molar-refractivity contribution in [3.8, 4) is 0 Å². The van der Waals surface area contributed by atoms with E-state index in [0.29, 0.717) is 16.3 Å². The Kier molecular flexibility index (Phi) is 8.17. The van der Waals surface area contributed by atoms with Crippen LogP contribution in [0, 0.1) is 0 Å². The van der Waals surface area contributed by atoms with Gasteiger partial charge in [0.2, 0.25) is 5.91 Å². The smallest absolute Gasteiger partial charge is 0.253 e. The molecule has 0 aliphatic rings. The zero-order valence-electron chi connectivity index (χ0n) is 15.7. The Morgan fingerprint density at radius 2 is 1.82 bits per heavy atom. The molecule has 1 atom stereocenters. The lowest BCUT2D eigenvalue weighted by Gasteiger charge is -2.15. The molecule has 0 bridgehead atoms. The van der Waals surface area contributed by atoms with Crippen molar-refractivity contribution in [1.29, 1.82) is 0 Å². The Hall–Kier alpha value is -2.70. The lowest BCUT2D eigenvalue weighted by molar-refractivity contribution is -0.115. The van der Waals surface area contributed by atoms with Gasteiger partial charge >= 0.3 is 0 Å². The van der Waals surface area contributed by atoms with E-state index >= 15 is 0 Å². The largest absolute Gasteiger partial charge is 0.350 e. The van der Waals surface area contributed by atoms with Gasteiger partial charge in [0.1, 0.15) is 0 Å². The van der Waals surface area contributed by atoms with Crippen molar-refractivity contribution in [1.82, 2.24) is 10.6 Å². The van der Waals surface area contributed by atoms with E-state index in [-0.39, 0.29) is 17.1 Å². The average Bonchev–Trinajstić information content (AvgIpc) is 2.67. The highest BCUT2D eigenvalue weighted by Gasteiger charge is 2.14. The third-order valence-corrected chi connectivity index (χ3v) is 4.51. The maximum Gasteiger partial charge on any atom is 0.253 e. The van der Waals surface area contributed by atoms with Gasteiger partial charge in [-0.15, -0.1) is 0 Å². The van der Waals surface area contributed by atoms with E-state index in [1.807, 2.05) is 26.0 Å². The molecule has 28 heavy (non-hydrogen) atoms. The summed E-state index contributed by atoms with van der Waals surface area (Å²) in [5.41, 5.74) is 1.69. The summed E-state index contributed by atoms with van der Waals surface area (Å²) >= 11 is 11.2. The summed E-state index contributed by atoms with van der Waals surface area (Å²) in [4.78, 5) is 24.5. The van der Waals surface area contributed by atoms with E-state index in [1.165, 1.54) is 6.08 Å². The van der Waals surface area contributed by atoms with E-state index in [0.717, 1.165) is 12.0 Å². The predicted molar refractivity (Wildman–Crippen MR) is 119 cm³/mol. The van der Waals surface area contributed by atoms with Crippen LogP contribution in [0.2, 0.25) is 5.02 Å². The molecule has 0 saturated carbocycles. The van der Waals surface area contributed by atoms with E-state index in [1.54, 1.807) is 42.5 Å². The first-order valence-corrected chi connectivity index (χ1v) is 9.63. The highest BCUT2D eigenvalue weighted by Crippen LogP contribution is 2.17. The molecular formula is C21H22ClN3O2S. The van der Waals surface area contributed by atoms with Crippen molar-refractivity contribution < 1.29 is 9.59 Å². The van der Waals surface area contributed by atoms with Gasteiger partial charge in [-0.2, -0.15) is 0 Å². The number of carbonyl (C=O) groups is 2. The Labute approximate surface area is 175 Å². The van der Waals surface area contributed by atoms with Crippen molar-refractivity contribution in [3.63, 3.8) is 0 Å². The molecule has 2 rings (SSSR count). The van der Waals surface area contributed by atoms with Crippen LogP contribution in [0.15, 0.2) is 54.6 Å². The molecule has 5 nitrogen and oxygen atoms in total. The van der Waals surface area contributed by atoms with Crippen molar-refractivity contribution in [2.75, 3.05) is 5.32 Å². The number of nitrogens with one attached hydrogen (secondary N) is 3. The molecule has 0 aliphatic carbocycles. The first kappa shape index (κ1) is 21.6. The van der Waals surface area contributed by atoms with Gasteiger partial charge in [0, 0.05) is 17.1 Å². The van der Waals surface area contributed by atoms with Crippen LogP contribution in [-0.2, 0) is 4.79 Å². The predicted octanol–water partition coefficient (Wildman–Crippen LogP) is 4.39. The highest BCUT2D eigenvalue weighted by molar-refractivity contribution is 7.80. The first-order valence-electron chi connectivity index (χ1n) is 8.85. The SMILES string of the molecule is CCC(C)NC(=O)c1ccccc1NC(=S)NC(=O)/C=C/c1ccccc1Cl. The second-order valence-electron chi connectivity index (χ2n) is 6.13. The fourth-order valence-electron chi connectivity index (χ4n) is 2.28. The Morgan fingerprint density at radius 3 is 2.54 bits per heavy atom. The summed E-state index contributed by atoms with van der Waals surface area (Å²) in [5.74, 6) is -0.607. The molecule has 0 aliphatic heterocycles. The molecule has 0 fully saturated rings. The summed E-state index contributed by atoms with van der Waals surface area (Å²) in [5, 5.41) is 9.01. The van der Waals surface area contributed by atoms with Gasteiger partial charge in [0.15, 0.2) is 5.11 Å². The second kappa shape index (κ2) is 10.6. The van der Waals surface area contributed by atoms with Gasteiger partial charge in [-0.05, 0) is 55.4 Å². The average molecular weight is 416 g/mol. The number of para-hydroxylation sites is 1. The molecule has 2 amide bonds. The number of hydrogen-bond acceptors (Lipinski definition) is 3. The Bertz CT molecular complexity index is 899. The van der Waals surface area contributed by atoms with E-state index < -0.39 is 5.91 Å². The van der Waals surface area contributed by atoms with Crippen molar-refractivity contribution in [3.05, 3.63) is 70.8 Å². The molecule has 3 N–H and O–H groups in total. The van der Waals surface area contributed by atoms with Crippen LogP contribution in [0.3, 0.4) is 0 Å². The van der Waals surface area contributed by atoms with Gasteiger partial charge in [-0.1, -0.05) is 48.9 Å². The second-order valence-corrected chi connectivity index (χ2v) is 6.94. The zero-order valence-corrected chi connectivity index (χ0v) is 17.2. The fourth-order valence-corrected chi connectivity index (χ4v) is 2.69. The van der Waals surface area contributed by atoms with Crippen LogP contribution in [-0.4, -0.2) is 23.0 Å². The lowest BCUT2D eigenvalue weighted by Crippen LogP contribution is -2.35. The molecule has 2 aromatic rings. The monoisotopic (exact) mass is 415 g/mol. The molecule has 0 spiro atoms. The minimum absolute atomic E-state index is 0.0576. The van der Waals surface area contributed by atoms with Crippen LogP contribution < -0.4 is 16.0 Å². The fraction of sp³-hybridized carbons (Fsp3) is 0.190. The number of carbonyl (C=O) groups excluding carboxylic acids is 2. The summed E-state index contributed by atoms with van der Waals surface area (Å²) in [6.07, 6.45) is 3.78. The molecule has 1 unspecified atom stereocenters. The number of hydrogen-bond donors (Lipinski definition) is 3. The molecule has 146 valence electrons. The summed E-state index contributed by atoms with van der Waals surface area (Å²) in [7, 11) is 0. The van der Waals surface area contributed by atoms with Crippen LogP contribution >= 0.6 is 23.8 Å².